The highest BCUT2D eigenvalue weighted by atomic mass is 35.5. The molecule has 0 aliphatic carbocycles. The van der Waals surface area contributed by atoms with E-state index in [9.17, 15) is 27.5 Å². The maximum Gasteiger partial charge on any atom is 0.336 e. The highest BCUT2D eigenvalue weighted by Gasteiger charge is 2.28. The van der Waals surface area contributed by atoms with E-state index in [1.807, 2.05) is 0 Å². The molecule has 0 spiro atoms. The van der Waals surface area contributed by atoms with E-state index in [0.29, 0.717) is 5.02 Å². The second-order valence-corrected chi connectivity index (χ2v) is 9.89. The number of carboxylic acid groups (broad SMARTS) is 1. The molecule has 0 aromatic heterocycles. The van der Waals surface area contributed by atoms with E-state index in [2.05, 4.69) is 10.5 Å². The number of halogens is 3. The van der Waals surface area contributed by atoms with E-state index < -0.39 is 40.8 Å². The standard InChI is InChI=1S/C23H18Cl2FN3O5S/c24-16-8-10-17(11-9-16)35(33,34)29(13-19-20(25)6-3-7-21(19)26)14-22(30)28-27-12-15-4-1-2-5-18(15)23(31)32/h1-12H,13-14H2,(H,28,30)(H,31,32)/b27-12+. The number of aromatic carboxylic acids is 1. The summed E-state index contributed by atoms with van der Waals surface area (Å²) >= 11 is 11.9. The quantitative estimate of drug-likeness (QED) is 0.314. The predicted molar refractivity (Wildman–Crippen MR) is 130 cm³/mol. The van der Waals surface area contributed by atoms with E-state index in [1.165, 1.54) is 54.6 Å². The van der Waals surface area contributed by atoms with Gasteiger partial charge < -0.3 is 5.11 Å². The van der Waals surface area contributed by atoms with Crippen LogP contribution in [0.25, 0.3) is 0 Å². The van der Waals surface area contributed by atoms with Gasteiger partial charge in [0.25, 0.3) is 5.91 Å². The van der Waals surface area contributed by atoms with Crippen molar-refractivity contribution in [3.8, 4) is 0 Å². The first kappa shape index (κ1) is 26.3. The Labute approximate surface area is 210 Å². The van der Waals surface area contributed by atoms with E-state index in [1.54, 1.807) is 6.07 Å². The summed E-state index contributed by atoms with van der Waals surface area (Å²) in [6.07, 6.45) is 1.12. The second kappa shape index (κ2) is 11.4. The minimum absolute atomic E-state index is 0.00925. The number of benzene rings is 3. The molecule has 0 unspecified atom stereocenters. The lowest BCUT2D eigenvalue weighted by atomic mass is 10.1. The van der Waals surface area contributed by atoms with Gasteiger partial charge in [-0.05, 0) is 42.5 Å². The Bertz CT molecular complexity index is 1360. The number of hydrazone groups is 1. The number of amides is 1. The highest BCUT2D eigenvalue weighted by molar-refractivity contribution is 7.89. The van der Waals surface area contributed by atoms with Gasteiger partial charge in [-0.1, -0.05) is 47.5 Å². The monoisotopic (exact) mass is 537 g/mol. The summed E-state index contributed by atoms with van der Waals surface area (Å²) in [5.74, 6) is -2.77. The van der Waals surface area contributed by atoms with E-state index in [-0.39, 0.29) is 26.6 Å². The molecule has 12 heteroatoms. The number of hydrogen-bond acceptors (Lipinski definition) is 5. The molecule has 0 saturated heterocycles. The van der Waals surface area contributed by atoms with Crippen molar-refractivity contribution in [2.75, 3.05) is 6.54 Å². The minimum atomic E-state index is -4.28. The van der Waals surface area contributed by atoms with Crippen LogP contribution in [0.5, 0.6) is 0 Å². The van der Waals surface area contributed by atoms with Crippen molar-refractivity contribution in [2.45, 2.75) is 11.4 Å². The Hall–Kier alpha value is -3.31. The van der Waals surface area contributed by atoms with Crippen molar-refractivity contribution < 1.29 is 27.5 Å². The summed E-state index contributed by atoms with van der Waals surface area (Å²) < 4.78 is 41.6. The molecule has 0 bridgehead atoms. The van der Waals surface area contributed by atoms with E-state index in [0.717, 1.165) is 16.6 Å². The van der Waals surface area contributed by atoms with Crippen molar-refractivity contribution in [3.05, 3.63) is 99.3 Å². The number of carbonyl (C=O) groups is 2. The van der Waals surface area contributed by atoms with Gasteiger partial charge in [0.15, 0.2) is 0 Å². The molecule has 8 nitrogen and oxygen atoms in total. The van der Waals surface area contributed by atoms with Gasteiger partial charge in [-0.2, -0.15) is 9.41 Å². The summed E-state index contributed by atoms with van der Waals surface area (Å²) in [7, 11) is -4.28. The molecule has 0 aliphatic heterocycles. The van der Waals surface area contributed by atoms with Crippen LogP contribution in [-0.4, -0.2) is 42.5 Å². The maximum absolute atomic E-state index is 14.4. The molecule has 0 saturated carbocycles. The molecule has 0 atom stereocenters. The van der Waals surface area contributed by atoms with Gasteiger partial charge in [0.1, 0.15) is 5.82 Å². The maximum atomic E-state index is 14.4. The fourth-order valence-corrected chi connectivity index (χ4v) is 4.73. The first-order valence-electron chi connectivity index (χ1n) is 9.92. The molecule has 0 radical (unpaired) electrons. The number of nitrogens with one attached hydrogen (secondary N) is 1. The van der Waals surface area contributed by atoms with Gasteiger partial charge in [-0.25, -0.2) is 23.0 Å². The van der Waals surface area contributed by atoms with Crippen molar-refractivity contribution in [3.63, 3.8) is 0 Å². The molecule has 3 rings (SSSR count). The van der Waals surface area contributed by atoms with Crippen LogP contribution in [-0.2, 0) is 21.4 Å². The topological polar surface area (TPSA) is 116 Å². The van der Waals surface area contributed by atoms with E-state index in [4.69, 9.17) is 23.2 Å². The molecular formula is C23H18Cl2FN3O5S. The Morgan fingerprint density at radius 1 is 1.03 bits per heavy atom. The van der Waals surface area contributed by atoms with Crippen LogP contribution < -0.4 is 5.43 Å². The molecule has 0 fully saturated rings. The largest absolute Gasteiger partial charge is 0.478 e. The fourth-order valence-electron chi connectivity index (χ4n) is 3.01. The van der Waals surface area contributed by atoms with Crippen molar-refractivity contribution in [1.29, 1.82) is 0 Å². The summed E-state index contributed by atoms with van der Waals surface area (Å²) in [5, 5.41) is 13.2. The number of sulfonamides is 1. The first-order chi connectivity index (χ1) is 16.6. The zero-order chi connectivity index (χ0) is 25.6. The Morgan fingerprint density at radius 2 is 1.71 bits per heavy atom. The summed E-state index contributed by atoms with van der Waals surface area (Å²) in [6, 6.07) is 15.1. The van der Waals surface area contributed by atoms with Gasteiger partial charge in [0, 0.05) is 27.7 Å². The smallest absolute Gasteiger partial charge is 0.336 e. The van der Waals surface area contributed by atoms with Gasteiger partial charge >= 0.3 is 5.97 Å². The minimum Gasteiger partial charge on any atom is -0.478 e. The molecule has 0 heterocycles. The lowest BCUT2D eigenvalue weighted by Crippen LogP contribution is -2.39. The van der Waals surface area contributed by atoms with Gasteiger partial charge in [-0.15, -0.1) is 0 Å². The van der Waals surface area contributed by atoms with Crippen LogP contribution in [0.3, 0.4) is 0 Å². The van der Waals surface area contributed by atoms with Crippen molar-refractivity contribution in [1.82, 2.24) is 9.73 Å². The fraction of sp³-hybridized carbons (Fsp3) is 0.0870. The third-order valence-electron chi connectivity index (χ3n) is 4.75. The third kappa shape index (κ3) is 6.64. The Balaban J connectivity index is 1.86. The van der Waals surface area contributed by atoms with Crippen LogP contribution in [0.2, 0.25) is 10.0 Å². The van der Waals surface area contributed by atoms with Crippen molar-refractivity contribution >= 4 is 51.3 Å². The lowest BCUT2D eigenvalue weighted by molar-refractivity contribution is -0.121. The Kier molecular flexibility index (Phi) is 8.57. The van der Waals surface area contributed by atoms with Crippen LogP contribution in [0.4, 0.5) is 4.39 Å². The van der Waals surface area contributed by atoms with Gasteiger partial charge in [0.2, 0.25) is 10.0 Å². The molecular weight excluding hydrogens is 520 g/mol. The average Bonchev–Trinajstić information content (AvgIpc) is 2.81. The Morgan fingerprint density at radius 3 is 2.37 bits per heavy atom. The van der Waals surface area contributed by atoms with Gasteiger partial charge in [0.05, 0.1) is 23.2 Å². The summed E-state index contributed by atoms with van der Waals surface area (Å²) in [6.45, 7) is -1.26. The van der Waals surface area contributed by atoms with Crippen LogP contribution in [0.15, 0.2) is 76.7 Å². The van der Waals surface area contributed by atoms with Gasteiger partial charge in [-0.3, -0.25) is 4.79 Å². The number of carbonyl (C=O) groups excluding carboxylic acids is 1. The van der Waals surface area contributed by atoms with Crippen LogP contribution in [0, 0.1) is 5.82 Å². The molecule has 3 aromatic rings. The van der Waals surface area contributed by atoms with Crippen LogP contribution >= 0.6 is 23.2 Å². The average molecular weight is 538 g/mol. The predicted octanol–water partition coefficient (Wildman–Crippen LogP) is 4.17. The van der Waals surface area contributed by atoms with Crippen molar-refractivity contribution in [2.24, 2.45) is 5.10 Å². The molecule has 35 heavy (non-hydrogen) atoms. The number of nitrogens with zero attached hydrogens (tertiary/aromatic N) is 2. The molecule has 182 valence electrons. The summed E-state index contributed by atoms with van der Waals surface area (Å²) in [5.41, 5.74) is 2.24. The van der Waals surface area contributed by atoms with Crippen LogP contribution in [0.1, 0.15) is 21.5 Å². The number of carboxylic acids is 1. The lowest BCUT2D eigenvalue weighted by Gasteiger charge is -2.22. The van der Waals surface area contributed by atoms with E-state index >= 15 is 0 Å². The summed E-state index contributed by atoms with van der Waals surface area (Å²) in [4.78, 5) is 23.7. The molecule has 0 aliphatic rings. The SMILES string of the molecule is O=C(CN(Cc1c(F)cccc1Cl)S(=O)(=O)c1ccc(Cl)cc1)N/N=C/c1ccccc1C(=O)O. The zero-order valence-corrected chi connectivity index (χ0v) is 20.2. The highest BCUT2D eigenvalue weighted by Crippen LogP contribution is 2.25. The normalized spacial score (nSPS) is 11.7. The molecule has 3 aromatic carbocycles. The zero-order valence-electron chi connectivity index (χ0n) is 17.9. The number of rotatable bonds is 9. The number of hydrogen-bond donors (Lipinski definition) is 2. The second-order valence-electron chi connectivity index (χ2n) is 7.11. The molecule has 1 amide bonds. The third-order valence-corrected chi connectivity index (χ3v) is 7.16. The first-order valence-corrected chi connectivity index (χ1v) is 12.1. The molecule has 2 N–H and O–H groups in total.